The van der Waals surface area contributed by atoms with Crippen molar-refractivity contribution >= 4 is 35.2 Å². The van der Waals surface area contributed by atoms with Gasteiger partial charge in [-0.1, -0.05) is 37.6 Å². The second kappa shape index (κ2) is 9.55. The highest BCUT2D eigenvalue weighted by Gasteiger charge is 2.13. The van der Waals surface area contributed by atoms with Crippen molar-refractivity contribution in [2.45, 2.75) is 41.2 Å². The van der Waals surface area contributed by atoms with E-state index in [0.717, 1.165) is 16.8 Å². The molecule has 0 saturated carbocycles. The molecule has 28 heavy (non-hydrogen) atoms. The van der Waals surface area contributed by atoms with E-state index in [1.54, 1.807) is 10.8 Å². The molecule has 1 heterocycles. The van der Waals surface area contributed by atoms with E-state index in [9.17, 15) is 9.59 Å². The van der Waals surface area contributed by atoms with Gasteiger partial charge in [-0.2, -0.15) is 5.10 Å². The lowest BCUT2D eigenvalue weighted by Gasteiger charge is -2.09. The summed E-state index contributed by atoms with van der Waals surface area (Å²) in [5.74, 6) is -0.619. The Kier molecular flexibility index (Phi) is 7.40. The maximum atomic E-state index is 12.0. The molecule has 150 valence electrons. The number of benzene rings is 1. The molecule has 0 atom stereocenters. The molecular weight excluding hydrogens is 378 g/mol. The molecule has 0 fully saturated rings. The number of halogens is 1. The fraction of sp³-hybridized carbons (Fsp3) is 0.381. The van der Waals surface area contributed by atoms with Gasteiger partial charge in [0.1, 0.15) is 5.15 Å². The highest BCUT2D eigenvalue weighted by Crippen LogP contribution is 2.22. The van der Waals surface area contributed by atoms with Gasteiger partial charge in [0, 0.05) is 23.9 Å². The quantitative estimate of drug-likeness (QED) is 0.552. The van der Waals surface area contributed by atoms with Crippen molar-refractivity contribution in [1.82, 2.24) is 9.78 Å². The monoisotopic (exact) mass is 403 g/mol. The van der Waals surface area contributed by atoms with E-state index >= 15 is 0 Å². The van der Waals surface area contributed by atoms with Crippen LogP contribution in [0.1, 0.15) is 36.2 Å². The van der Waals surface area contributed by atoms with Crippen LogP contribution in [0.25, 0.3) is 6.08 Å². The van der Waals surface area contributed by atoms with E-state index < -0.39 is 11.9 Å². The zero-order valence-electron chi connectivity index (χ0n) is 16.9. The van der Waals surface area contributed by atoms with E-state index in [4.69, 9.17) is 16.3 Å². The van der Waals surface area contributed by atoms with Crippen LogP contribution in [0.3, 0.4) is 0 Å². The van der Waals surface area contributed by atoms with Crippen LogP contribution in [0.5, 0.6) is 0 Å². The third-order valence-electron chi connectivity index (χ3n) is 4.05. The maximum absolute atomic E-state index is 12.0. The highest BCUT2D eigenvalue weighted by atomic mass is 35.5. The van der Waals surface area contributed by atoms with Crippen LogP contribution < -0.4 is 5.32 Å². The van der Waals surface area contributed by atoms with Gasteiger partial charge in [-0.25, -0.2) is 4.79 Å². The Hall–Kier alpha value is -2.60. The van der Waals surface area contributed by atoms with Crippen LogP contribution >= 0.6 is 11.6 Å². The molecular formula is C21H26ClN3O3. The summed E-state index contributed by atoms with van der Waals surface area (Å²) in [6.45, 7) is 10.1. The number of hydrogen-bond acceptors (Lipinski definition) is 4. The second-order valence-electron chi connectivity index (χ2n) is 7.17. The van der Waals surface area contributed by atoms with Gasteiger partial charge in [-0.3, -0.25) is 9.48 Å². The topological polar surface area (TPSA) is 73.2 Å². The Bertz CT molecular complexity index is 901. The minimum atomic E-state index is -0.622. The minimum absolute atomic E-state index is 0.365. The Morgan fingerprint density at radius 2 is 2.00 bits per heavy atom. The maximum Gasteiger partial charge on any atom is 0.331 e. The molecule has 0 bridgehead atoms. The van der Waals surface area contributed by atoms with Crippen molar-refractivity contribution in [2.75, 3.05) is 11.9 Å². The van der Waals surface area contributed by atoms with Gasteiger partial charge in [-0.05, 0) is 50.0 Å². The molecule has 0 spiro atoms. The Morgan fingerprint density at radius 3 is 2.68 bits per heavy atom. The summed E-state index contributed by atoms with van der Waals surface area (Å²) in [5.41, 5.74) is 4.07. The van der Waals surface area contributed by atoms with Gasteiger partial charge in [-0.15, -0.1) is 0 Å². The number of aromatic nitrogens is 2. The number of ether oxygens (including phenoxy) is 1. The first-order valence-corrected chi connectivity index (χ1v) is 9.50. The first kappa shape index (κ1) is 21.7. The fourth-order valence-electron chi connectivity index (χ4n) is 2.62. The molecule has 0 aliphatic carbocycles. The normalized spacial score (nSPS) is 11.2. The molecule has 6 nitrogen and oxygen atoms in total. The smallest absolute Gasteiger partial charge is 0.331 e. The minimum Gasteiger partial charge on any atom is -0.452 e. The van der Waals surface area contributed by atoms with Crippen LogP contribution in [-0.2, 0) is 20.9 Å². The van der Waals surface area contributed by atoms with Gasteiger partial charge in [0.2, 0.25) is 0 Å². The van der Waals surface area contributed by atoms with Gasteiger partial charge in [0.05, 0.1) is 5.69 Å². The summed E-state index contributed by atoms with van der Waals surface area (Å²) in [5, 5.41) is 7.60. The molecule has 0 aliphatic rings. The number of anilines is 1. The summed E-state index contributed by atoms with van der Waals surface area (Å²) in [6, 6.07) is 5.76. The zero-order valence-corrected chi connectivity index (χ0v) is 17.6. The van der Waals surface area contributed by atoms with Crippen molar-refractivity contribution in [3.8, 4) is 0 Å². The third-order valence-corrected chi connectivity index (χ3v) is 4.44. The molecule has 1 N–H and O–H groups in total. The zero-order chi connectivity index (χ0) is 20.8. The molecule has 1 aromatic heterocycles. The molecule has 0 saturated heterocycles. The van der Waals surface area contributed by atoms with Crippen LogP contribution in [0.15, 0.2) is 24.3 Å². The predicted molar refractivity (Wildman–Crippen MR) is 111 cm³/mol. The SMILES string of the molecule is Cc1ccc(C)c(NC(=O)COC(=O)/C=C/c2c(C)nn(CC(C)C)c2Cl)c1. The summed E-state index contributed by atoms with van der Waals surface area (Å²) in [4.78, 5) is 24.0. The van der Waals surface area contributed by atoms with E-state index in [-0.39, 0.29) is 6.61 Å². The van der Waals surface area contributed by atoms with E-state index in [0.29, 0.717) is 28.9 Å². The molecule has 2 aromatic rings. The third kappa shape index (κ3) is 5.96. The number of hydrogen-bond donors (Lipinski definition) is 1. The summed E-state index contributed by atoms with van der Waals surface area (Å²) >= 11 is 6.34. The number of esters is 1. The van der Waals surface area contributed by atoms with E-state index in [2.05, 4.69) is 24.3 Å². The molecule has 0 unspecified atom stereocenters. The average Bonchev–Trinajstić information content (AvgIpc) is 2.87. The van der Waals surface area contributed by atoms with Gasteiger partial charge < -0.3 is 10.1 Å². The molecule has 2 rings (SSSR count). The first-order chi connectivity index (χ1) is 13.2. The van der Waals surface area contributed by atoms with Gasteiger partial charge >= 0.3 is 5.97 Å². The number of aryl methyl sites for hydroxylation is 3. The van der Waals surface area contributed by atoms with Crippen molar-refractivity contribution < 1.29 is 14.3 Å². The molecule has 1 amide bonds. The Balaban J connectivity index is 1.92. The standard InChI is InChI=1S/C21H26ClN3O3/c1-13(2)11-25-21(22)17(16(5)24-25)8-9-20(27)28-12-19(26)23-18-10-14(3)6-7-15(18)4/h6-10,13H,11-12H2,1-5H3,(H,23,26)/b9-8+. The van der Waals surface area contributed by atoms with E-state index in [1.165, 1.54) is 6.08 Å². The molecule has 0 radical (unpaired) electrons. The van der Waals surface area contributed by atoms with E-state index in [1.807, 2.05) is 39.0 Å². The number of rotatable bonds is 7. The largest absolute Gasteiger partial charge is 0.452 e. The van der Waals surface area contributed by atoms with Gasteiger partial charge in [0.25, 0.3) is 5.91 Å². The average molecular weight is 404 g/mol. The van der Waals surface area contributed by atoms with Crippen LogP contribution in [0, 0.1) is 26.7 Å². The second-order valence-corrected chi connectivity index (χ2v) is 7.53. The number of carbonyl (C=O) groups is 2. The van der Waals surface area contributed by atoms with Crippen molar-refractivity contribution in [1.29, 1.82) is 0 Å². The van der Waals surface area contributed by atoms with Gasteiger partial charge in [0.15, 0.2) is 6.61 Å². The lowest BCUT2D eigenvalue weighted by atomic mass is 10.1. The molecule has 0 aliphatic heterocycles. The Morgan fingerprint density at radius 1 is 1.29 bits per heavy atom. The number of nitrogens with one attached hydrogen (secondary N) is 1. The predicted octanol–water partition coefficient (Wildman–Crippen LogP) is 4.31. The van der Waals surface area contributed by atoms with Crippen molar-refractivity contribution in [3.63, 3.8) is 0 Å². The Labute approximate surface area is 170 Å². The first-order valence-electron chi connectivity index (χ1n) is 9.12. The van der Waals surface area contributed by atoms with Crippen molar-refractivity contribution in [3.05, 3.63) is 51.8 Å². The number of amides is 1. The number of carbonyl (C=O) groups excluding carboxylic acids is 2. The summed E-state index contributed by atoms with van der Waals surface area (Å²) < 4.78 is 6.72. The van der Waals surface area contributed by atoms with Crippen molar-refractivity contribution in [2.24, 2.45) is 5.92 Å². The summed E-state index contributed by atoms with van der Waals surface area (Å²) in [7, 11) is 0. The lowest BCUT2D eigenvalue weighted by molar-refractivity contribution is -0.142. The molecule has 7 heteroatoms. The fourth-order valence-corrected chi connectivity index (χ4v) is 2.92. The van der Waals surface area contributed by atoms with Crippen LogP contribution in [0.2, 0.25) is 5.15 Å². The van der Waals surface area contributed by atoms with Crippen LogP contribution in [-0.4, -0.2) is 28.3 Å². The lowest BCUT2D eigenvalue weighted by Crippen LogP contribution is -2.20. The van der Waals surface area contributed by atoms with Crippen LogP contribution in [0.4, 0.5) is 5.69 Å². The summed E-state index contributed by atoms with van der Waals surface area (Å²) in [6.07, 6.45) is 2.81. The molecule has 1 aromatic carbocycles. The highest BCUT2D eigenvalue weighted by molar-refractivity contribution is 6.31. The number of nitrogens with zero attached hydrogens (tertiary/aromatic N) is 2.